The van der Waals surface area contributed by atoms with E-state index in [1.165, 1.54) is 17.7 Å². The zero-order valence-electron chi connectivity index (χ0n) is 12.4. The summed E-state index contributed by atoms with van der Waals surface area (Å²) in [6.07, 6.45) is 0. The predicted molar refractivity (Wildman–Crippen MR) is 81.9 cm³/mol. The maximum atomic E-state index is 11.9. The van der Waals surface area contributed by atoms with Gasteiger partial charge in [0.2, 0.25) is 0 Å². The molecule has 21 heavy (non-hydrogen) atoms. The van der Waals surface area contributed by atoms with Crippen LogP contribution in [0, 0.1) is 0 Å². The van der Waals surface area contributed by atoms with Crippen molar-refractivity contribution >= 4 is 5.69 Å². The minimum Gasteiger partial charge on any atom is -0.492 e. The summed E-state index contributed by atoms with van der Waals surface area (Å²) in [6.45, 7) is 2.86. The highest BCUT2D eigenvalue weighted by molar-refractivity contribution is 5.56. The SMILES string of the molecule is CCOc1ccccc1NCc1cc(=O)n(C)c(=O)n1C. The van der Waals surface area contributed by atoms with E-state index in [-0.39, 0.29) is 11.2 Å². The van der Waals surface area contributed by atoms with Gasteiger partial charge in [0, 0.05) is 25.9 Å². The highest BCUT2D eigenvalue weighted by Gasteiger charge is 2.07. The number of hydrogen-bond acceptors (Lipinski definition) is 4. The molecule has 1 aromatic heterocycles. The van der Waals surface area contributed by atoms with E-state index in [1.807, 2.05) is 31.2 Å². The summed E-state index contributed by atoms with van der Waals surface area (Å²) in [4.78, 5) is 23.6. The maximum absolute atomic E-state index is 11.9. The number of benzene rings is 1. The summed E-state index contributed by atoms with van der Waals surface area (Å²) in [6, 6.07) is 9.01. The minimum absolute atomic E-state index is 0.312. The van der Waals surface area contributed by atoms with Crippen LogP contribution in [0.2, 0.25) is 0 Å². The number of aromatic nitrogens is 2. The smallest absolute Gasteiger partial charge is 0.330 e. The first-order valence-corrected chi connectivity index (χ1v) is 6.76. The predicted octanol–water partition coefficient (Wildman–Crippen LogP) is 1.09. The second kappa shape index (κ2) is 6.30. The molecule has 1 heterocycles. The fraction of sp³-hybridized carbons (Fsp3) is 0.333. The molecule has 112 valence electrons. The van der Waals surface area contributed by atoms with Crippen molar-refractivity contribution in [2.24, 2.45) is 14.1 Å². The third-order valence-corrected chi connectivity index (χ3v) is 3.27. The summed E-state index contributed by atoms with van der Waals surface area (Å²) in [5.74, 6) is 0.744. The van der Waals surface area contributed by atoms with Crippen LogP contribution in [0.1, 0.15) is 12.6 Å². The van der Waals surface area contributed by atoms with Gasteiger partial charge >= 0.3 is 5.69 Å². The Morgan fingerprint density at radius 3 is 2.57 bits per heavy atom. The molecule has 2 aromatic rings. The molecule has 1 N–H and O–H groups in total. The molecule has 0 unspecified atom stereocenters. The second-order valence-electron chi connectivity index (χ2n) is 4.66. The van der Waals surface area contributed by atoms with Crippen LogP contribution in [0.15, 0.2) is 39.9 Å². The van der Waals surface area contributed by atoms with Gasteiger partial charge in [-0.2, -0.15) is 0 Å². The molecule has 0 radical (unpaired) electrons. The zero-order chi connectivity index (χ0) is 15.4. The zero-order valence-corrected chi connectivity index (χ0v) is 12.4. The van der Waals surface area contributed by atoms with Crippen molar-refractivity contribution in [1.29, 1.82) is 0 Å². The number of nitrogens with zero attached hydrogens (tertiary/aromatic N) is 2. The molecular weight excluding hydrogens is 270 g/mol. The molecule has 2 rings (SSSR count). The van der Waals surface area contributed by atoms with Gasteiger partial charge < -0.3 is 10.1 Å². The monoisotopic (exact) mass is 289 g/mol. The Labute approximate surface area is 122 Å². The van der Waals surface area contributed by atoms with E-state index in [1.54, 1.807) is 7.05 Å². The molecule has 0 fully saturated rings. The highest BCUT2D eigenvalue weighted by Crippen LogP contribution is 2.23. The van der Waals surface area contributed by atoms with Crippen molar-refractivity contribution < 1.29 is 4.74 Å². The van der Waals surface area contributed by atoms with Crippen LogP contribution in [0.25, 0.3) is 0 Å². The molecule has 0 bridgehead atoms. The van der Waals surface area contributed by atoms with E-state index < -0.39 is 0 Å². The molecule has 6 nitrogen and oxygen atoms in total. The lowest BCUT2D eigenvalue weighted by Crippen LogP contribution is -2.38. The van der Waals surface area contributed by atoms with Gasteiger partial charge in [-0.05, 0) is 19.1 Å². The van der Waals surface area contributed by atoms with E-state index in [2.05, 4.69) is 5.32 Å². The molecule has 0 aliphatic heterocycles. The number of nitrogens with one attached hydrogen (secondary N) is 1. The number of rotatable bonds is 5. The Morgan fingerprint density at radius 1 is 1.14 bits per heavy atom. The van der Waals surface area contributed by atoms with E-state index >= 15 is 0 Å². The highest BCUT2D eigenvalue weighted by atomic mass is 16.5. The summed E-state index contributed by atoms with van der Waals surface area (Å²) in [5, 5.41) is 3.20. The van der Waals surface area contributed by atoms with Crippen molar-refractivity contribution in [3.8, 4) is 5.75 Å². The van der Waals surface area contributed by atoms with Gasteiger partial charge in [0.05, 0.1) is 18.8 Å². The fourth-order valence-electron chi connectivity index (χ4n) is 2.03. The number of hydrogen-bond donors (Lipinski definition) is 1. The summed E-state index contributed by atoms with van der Waals surface area (Å²) < 4.78 is 8.06. The second-order valence-corrected chi connectivity index (χ2v) is 4.66. The Kier molecular flexibility index (Phi) is 4.47. The average molecular weight is 289 g/mol. The van der Waals surface area contributed by atoms with Crippen LogP contribution in [-0.2, 0) is 20.6 Å². The van der Waals surface area contributed by atoms with Gasteiger partial charge in [-0.15, -0.1) is 0 Å². The van der Waals surface area contributed by atoms with Crippen LogP contribution >= 0.6 is 0 Å². The van der Waals surface area contributed by atoms with Gasteiger partial charge in [-0.25, -0.2) is 4.79 Å². The van der Waals surface area contributed by atoms with Crippen LogP contribution in [0.3, 0.4) is 0 Å². The van der Waals surface area contributed by atoms with Gasteiger partial charge in [-0.3, -0.25) is 13.9 Å². The minimum atomic E-state index is -0.336. The van der Waals surface area contributed by atoms with E-state index in [0.717, 1.165) is 16.0 Å². The van der Waals surface area contributed by atoms with Crippen molar-refractivity contribution in [2.45, 2.75) is 13.5 Å². The van der Waals surface area contributed by atoms with Gasteiger partial charge in [0.15, 0.2) is 0 Å². The number of para-hydroxylation sites is 2. The largest absolute Gasteiger partial charge is 0.492 e. The first-order chi connectivity index (χ1) is 10.0. The summed E-state index contributed by atoms with van der Waals surface area (Å²) >= 11 is 0. The lowest BCUT2D eigenvalue weighted by molar-refractivity contribution is 0.341. The first-order valence-electron chi connectivity index (χ1n) is 6.76. The van der Waals surface area contributed by atoms with E-state index in [9.17, 15) is 9.59 Å². The average Bonchev–Trinajstić information content (AvgIpc) is 2.49. The molecule has 0 aliphatic carbocycles. The van der Waals surface area contributed by atoms with Gasteiger partial charge in [0.25, 0.3) is 5.56 Å². The lowest BCUT2D eigenvalue weighted by atomic mass is 10.2. The standard InChI is InChI=1S/C15H19N3O3/c1-4-21-13-8-6-5-7-12(13)16-10-11-9-14(19)18(3)15(20)17(11)2/h5-9,16H,4,10H2,1-3H3. The van der Waals surface area contributed by atoms with Crippen LogP contribution in [0.4, 0.5) is 5.69 Å². The maximum Gasteiger partial charge on any atom is 0.330 e. The van der Waals surface area contributed by atoms with Crippen molar-refractivity contribution in [1.82, 2.24) is 9.13 Å². The normalized spacial score (nSPS) is 10.4. The van der Waals surface area contributed by atoms with Crippen molar-refractivity contribution in [3.63, 3.8) is 0 Å². The molecule has 6 heteroatoms. The van der Waals surface area contributed by atoms with Crippen molar-refractivity contribution in [3.05, 3.63) is 56.9 Å². The van der Waals surface area contributed by atoms with Crippen LogP contribution in [0.5, 0.6) is 5.75 Å². The van der Waals surface area contributed by atoms with Crippen LogP contribution in [-0.4, -0.2) is 15.7 Å². The van der Waals surface area contributed by atoms with E-state index in [4.69, 9.17) is 4.74 Å². The molecular formula is C15H19N3O3. The Balaban J connectivity index is 2.25. The first kappa shape index (κ1) is 14.9. The van der Waals surface area contributed by atoms with E-state index in [0.29, 0.717) is 18.8 Å². The van der Waals surface area contributed by atoms with Gasteiger partial charge in [0.1, 0.15) is 5.75 Å². The number of anilines is 1. The number of ether oxygens (including phenoxy) is 1. The summed E-state index contributed by atoms with van der Waals surface area (Å²) in [5.41, 5.74) is 0.798. The van der Waals surface area contributed by atoms with Crippen LogP contribution < -0.4 is 21.3 Å². The molecule has 0 aliphatic rings. The summed E-state index contributed by atoms with van der Waals surface area (Å²) in [7, 11) is 3.11. The molecule has 0 saturated heterocycles. The third kappa shape index (κ3) is 3.16. The Bertz CT molecular complexity index is 747. The Morgan fingerprint density at radius 2 is 1.86 bits per heavy atom. The Hall–Kier alpha value is -2.50. The molecule has 1 aromatic carbocycles. The molecule has 0 spiro atoms. The van der Waals surface area contributed by atoms with Gasteiger partial charge in [-0.1, -0.05) is 12.1 Å². The third-order valence-electron chi connectivity index (χ3n) is 3.27. The quantitative estimate of drug-likeness (QED) is 0.895. The van der Waals surface area contributed by atoms with Crippen molar-refractivity contribution in [2.75, 3.05) is 11.9 Å². The molecule has 0 amide bonds. The molecule has 0 atom stereocenters. The topological polar surface area (TPSA) is 65.3 Å². The lowest BCUT2D eigenvalue weighted by Gasteiger charge is -2.14. The molecule has 0 saturated carbocycles. The fourth-order valence-corrected chi connectivity index (χ4v) is 2.03.